The molecule has 6 heteroatoms. The molecule has 0 aliphatic carbocycles. The highest BCUT2D eigenvalue weighted by Gasteiger charge is 2.33. The molecule has 3 nitrogen and oxygen atoms in total. The summed E-state index contributed by atoms with van der Waals surface area (Å²) in [5.41, 5.74) is -0.823. The van der Waals surface area contributed by atoms with Gasteiger partial charge >= 0.3 is 6.18 Å². The molecular formula is C9H14F3N3. The lowest BCUT2D eigenvalue weighted by Crippen LogP contribution is -2.10. The Labute approximate surface area is 86.3 Å². The topological polar surface area (TPSA) is 29.9 Å². The van der Waals surface area contributed by atoms with Gasteiger partial charge in [-0.2, -0.15) is 18.3 Å². The van der Waals surface area contributed by atoms with E-state index in [0.717, 1.165) is 25.5 Å². The highest BCUT2D eigenvalue weighted by Crippen LogP contribution is 2.27. The van der Waals surface area contributed by atoms with Crippen LogP contribution in [0.5, 0.6) is 0 Å². The molecule has 1 rings (SSSR count). The largest absolute Gasteiger partial charge is 0.435 e. The summed E-state index contributed by atoms with van der Waals surface area (Å²) in [6.45, 7) is 1.39. The first-order chi connectivity index (χ1) is 7.04. The molecule has 1 aromatic rings. The highest BCUT2D eigenvalue weighted by atomic mass is 19.4. The number of nitrogens with one attached hydrogen (secondary N) is 1. The summed E-state index contributed by atoms with van der Waals surface area (Å²) in [4.78, 5) is 0. The van der Waals surface area contributed by atoms with Crippen LogP contribution in [-0.2, 0) is 12.7 Å². The first-order valence-electron chi connectivity index (χ1n) is 4.79. The Balaban J connectivity index is 2.40. The zero-order valence-electron chi connectivity index (χ0n) is 8.51. The van der Waals surface area contributed by atoms with Crippen molar-refractivity contribution < 1.29 is 13.2 Å². The first-order valence-corrected chi connectivity index (χ1v) is 4.79. The molecule has 0 radical (unpaired) electrons. The molecule has 1 heterocycles. The fraction of sp³-hybridized carbons (Fsp3) is 0.667. The van der Waals surface area contributed by atoms with E-state index in [2.05, 4.69) is 10.4 Å². The fourth-order valence-electron chi connectivity index (χ4n) is 1.21. The molecule has 1 N–H and O–H groups in total. The van der Waals surface area contributed by atoms with Crippen molar-refractivity contribution in [1.29, 1.82) is 0 Å². The van der Waals surface area contributed by atoms with Gasteiger partial charge in [0.15, 0.2) is 5.69 Å². The summed E-state index contributed by atoms with van der Waals surface area (Å²) in [5, 5.41) is 6.42. The van der Waals surface area contributed by atoms with E-state index >= 15 is 0 Å². The monoisotopic (exact) mass is 221 g/mol. The molecule has 0 saturated heterocycles. The SMILES string of the molecule is CNCCCCn1ccc(C(F)(F)F)n1. The molecule has 0 spiro atoms. The number of halogens is 3. The Morgan fingerprint density at radius 1 is 1.40 bits per heavy atom. The van der Waals surface area contributed by atoms with Gasteiger partial charge in [0.25, 0.3) is 0 Å². The number of unbranched alkanes of at least 4 members (excludes halogenated alkanes) is 1. The van der Waals surface area contributed by atoms with Crippen LogP contribution >= 0.6 is 0 Å². The summed E-state index contributed by atoms with van der Waals surface area (Å²) in [6.07, 6.45) is -1.23. The van der Waals surface area contributed by atoms with Crippen LogP contribution in [0.3, 0.4) is 0 Å². The van der Waals surface area contributed by atoms with Crippen LogP contribution in [0.4, 0.5) is 13.2 Å². The second-order valence-corrected chi connectivity index (χ2v) is 3.27. The smallest absolute Gasteiger partial charge is 0.320 e. The number of aromatic nitrogens is 2. The molecule has 0 fully saturated rings. The van der Waals surface area contributed by atoms with E-state index in [4.69, 9.17) is 0 Å². The number of hydrogen-bond acceptors (Lipinski definition) is 2. The quantitative estimate of drug-likeness (QED) is 0.769. The number of alkyl halides is 3. The van der Waals surface area contributed by atoms with Gasteiger partial charge in [-0.25, -0.2) is 0 Å². The highest BCUT2D eigenvalue weighted by molar-refractivity contribution is 5.02. The predicted molar refractivity (Wildman–Crippen MR) is 50.4 cm³/mol. The zero-order valence-corrected chi connectivity index (χ0v) is 8.51. The molecule has 0 bridgehead atoms. The lowest BCUT2D eigenvalue weighted by molar-refractivity contribution is -0.141. The molecule has 0 aliphatic heterocycles. The minimum absolute atomic E-state index is 0.526. The van der Waals surface area contributed by atoms with E-state index in [9.17, 15) is 13.2 Å². The average Bonchev–Trinajstić information content (AvgIpc) is 2.60. The van der Waals surface area contributed by atoms with Gasteiger partial charge in [0.1, 0.15) is 0 Å². The van der Waals surface area contributed by atoms with Crippen molar-refractivity contribution >= 4 is 0 Å². The summed E-state index contributed by atoms with van der Waals surface area (Å²) in [5.74, 6) is 0. The van der Waals surface area contributed by atoms with Gasteiger partial charge in [-0.05, 0) is 32.5 Å². The fourth-order valence-corrected chi connectivity index (χ4v) is 1.21. The van der Waals surface area contributed by atoms with Crippen LogP contribution < -0.4 is 5.32 Å². The van der Waals surface area contributed by atoms with Gasteiger partial charge in [0, 0.05) is 12.7 Å². The first kappa shape index (κ1) is 12.0. The molecule has 0 unspecified atom stereocenters. The molecule has 1 aromatic heterocycles. The maximum atomic E-state index is 12.2. The minimum Gasteiger partial charge on any atom is -0.320 e. The normalized spacial score (nSPS) is 12.0. The van der Waals surface area contributed by atoms with Crippen molar-refractivity contribution in [2.45, 2.75) is 25.6 Å². The van der Waals surface area contributed by atoms with E-state index < -0.39 is 11.9 Å². The van der Waals surface area contributed by atoms with E-state index in [-0.39, 0.29) is 0 Å². The van der Waals surface area contributed by atoms with E-state index in [1.54, 1.807) is 0 Å². The average molecular weight is 221 g/mol. The molecule has 0 saturated carbocycles. The van der Waals surface area contributed by atoms with Crippen LogP contribution in [0.25, 0.3) is 0 Å². The molecule has 0 aromatic carbocycles. The number of nitrogens with zero attached hydrogens (tertiary/aromatic N) is 2. The van der Waals surface area contributed by atoms with Crippen molar-refractivity contribution in [3.8, 4) is 0 Å². The lowest BCUT2D eigenvalue weighted by atomic mass is 10.3. The second-order valence-electron chi connectivity index (χ2n) is 3.27. The summed E-state index contributed by atoms with van der Waals surface area (Å²) >= 11 is 0. The van der Waals surface area contributed by atoms with Crippen LogP contribution in [0.2, 0.25) is 0 Å². The molecular weight excluding hydrogens is 207 g/mol. The molecule has 86 valence electrons. The third-order valence-corrected chi connectivity index (χ3v) is 2.00. The maximum absolute atomic E-state index is 12.2. The van der Waals surface area contributed by atoms with Gasteiger partial charge < -0.3 is 5.32 Å². The van der Waals surface area contributed by atoms with Crippen molar-refractivity contribution in [3.63, 3.8) is 0 Å². The van der Waals surface area contributed by atoms with Crippen molar-refractivity contribution in [1.82, 2.24) is 15.1 Å². The Bertz CT molecular complexity index is 293. The molecule has 0 amide bonds. The van der Waals surface area contributed by atoms with Crippen LogP contribution in [0.15, 0.2) is 12.3 Å². The van der Waals surface area contributed by atoms with Crippen LogP contribution in [-0.4, -0.2) is 23.4 Å². The molecule has 0 aliphatic rings. The molecule has 15 heavy (non-hydrogen) atoms. The number of rotatable bonds is 5. The van der Waals surface area contributed by atoms with E-state index in [1.807, 2.05) is 7.05 Å². The van der Waals surface area contributed by atoms with Gasteiger partial charge in [-0.3, -0.25) is 4.68 Å². The van der Waals surface area contributed by atoms with E-state index in [0.29, 0.717) is 6.54 Å². The molecule has 0 atom stereocenters. The van der Waals surface area contributed by atoms with Gasteiger partial charge in [0.05, 0.1) is 0 Å². The minimum atomic E-state index is -4.34. The number of hydrogen-bond donors (Lipinski definition) is 1. The summed E-state index contributed by atoms with van der Waals surface area (Å²) < 4.78 is 37.8. The van der Waals surface area contributed by atoms with Crippen molar-refractivity contribution in [3.05, 3.63) is 18.0 Å². The Morgan fingerprint density at radius 3 is 2.67 bits per heavy atom. The van der Waals surface area contributed by atoms with E-state index in [1.165, 1.54) is 10.9 Å². The zero-order chi connectivity index (χ0) is 11.3. The van der Waals surface area contributed by atoms with Crippen LogP contribution in [0, 0.1) is 0 Å². The Hall–Kier alpha value is -1.04. The van der Waals surface area contributed by atoms with Crippen LogP contribution in [0.1, 0.15) is 18.5 Å². The second kappa shape index (κ2) is 5.16. The van der Waals surface area contributed by atoms with Gasteiger partial charge in [-0.1, -0.05) is 0 Å². The van der Waals surface area contributed by atoms with Crippen molar-refractivity contribution in [2.75, 3.05) is 13.6 Å². The van der Waals surface area contributed by atoms with Gasteiger partial charge in [-0.15, -0.1) is 0 Å². The summed E-state index contributed by atoms with van der Waals surface area (Å²) in [6, 6.07) is 0.998. The third kappa shape index (κ3) is 3.91. The van der Waals surface area contributed by atoms with Gasteiger partial charge in [0.2, 0.25) is 0 Å². The van der Waals surface area contributed by atoms with Crippen molar-refractivity contribution in [2.24, 2.45) is 0 Å². The standard InChI is InChI=1S/C9H14F3N3/c1-13-5-2-3-6-15-7-4-8(14-15)9(10,11)12/h4,7,13H,2-3,5-6H2,1H3. The maximum Gasteiger partial charge on any atom is 0.435 e. The summed E-state index contributed by atoms with van der Waals surface area (Å²) in [7, 11) is 1.84. The lowest BCUT2D eigenvalue weighted by Gasteiger charge is -2.02. The Morgan fingerprint density at radius 2 is 2.13 bits per heavy atom. The predicted octanol–water partition coefficient (Wildman–Crippen LogP) is 1.90. The Kier molecular flexibility index (Phi) is 4.14. The number of aryl methyl sites for hydroxylation is 1. The third-order valence-electron chi connectivity index (χ3n) is 2.00.